The Balaban J connectivity index is 2.01. The first-order chi connectivity index (χ1) is 9.60. The largest absolute Gasteiger partial charge is 0.409 e. The van der Waals surface area contributed by atoms with E-state index in [4.69, 9.17) is 5.21 Å². The number of hydrogen-bond acceptors (Lipinski definition) is 5. The Labute approximate surface area is 114 Å². The summed E-state index contributed by atoms with van der Waals surface area (Å²) in [6.45, 7) is 0. The van der Waals surface area contributed by atoms with E-state index in [0.29, 0.717) is 19.3 Å². The summed E-state index contributed by atoms with van der Waals surface area (Å²) in [6, 6.07) is 1.29. The number of aliphatic hydroxyl groups is 2. The monoisotopic (exact) mass is 279 g/mol. The zero-order valence-electron chi connectivity index (χ0n) is 10.8. The lowest BCUT2D eigenvalue weighted by atomic mass is 9.86. The Hall–Kier alpha value is -1.86. The minimum atomic E-state index is -0.546. The summed E-state index contributed by atoms with van der Waals surface area (Å²) in [5, 5.41) is 31.4. The number of rotatable bonds is 1. The fraction of sp³-hybridized carbons (Fsp3) is 0.538. The second-order valence-corrected chi connectivity index (χ2v) is 5.39. The van der Waals surface area contributed by atoms with E-state index in [2.05, 4.69) is 10.1 Å². The minimum Gasteiger partial charge on any atom is -0.409 e. The lowest BCUT2D eigenvalue weighted by molar-refractivity contribution is 0.0844. The van der Waals surface area contributed by atoms with E-state index >= 15 is 0 Å². The Morgan fingerprint density at radius 2 is 2.15 bits per heavy atom. The first-order valence-corrected chi connectivity index (χ1v) is 6.65. The fourth-order valence-corrected chi connectivity index (χ4v) is 3.25. The van der Waals surface area contributed by atoms with Crippen LogP contribution in [0.2, 0.25) is 0 Å². The predicted molar refractivity (Wildman–Crippen MR) is 68.9 cm³/mol. The van der Waals surface area contributed by atoms with Crippen molar-refractivity contribution in [3.8, 4) is 0 Å². The highest BCUT2D eigenvalue weighted by molar-refractivity contribution is 5.24. The van der Waals surface area contributed by atoms with Crippen molar-refractivity contribution in [1.82, 2.24) is 9.55 Å². The molecule has 2 aliphatic rings. The van der Waals surface area contributed by atoms with Gasteiger partial charge < -0.3 is 15.4 Å². The molecule has 7 heteroatoms. The van der Waals surface area contributed by atoms with Crippen LogP contribution in [0.3, 0.4) is 0 Å². The van der Waals surface area contributed by atoms with Gasteiger partial charge in [0, 0.05) is 18.2 Å². The van der Waals surface area contributed by atoms with Gasteiger partial charge in [0.05, 0.1) is 18.2 Å². The number of aliphatic hydroxyl groups excluding tert-OH is 2. The first-order valence-electron chi connectivity index (χ1n) is 6.65. The molecule has 0 saturated heterocycles. The topological polar surface area (TPSA) is 111 Å². The lowest BCUT2D eigenvalue weighted by Gasteiger charge is -2.26. The molecule has 2 aliphatic carbocycles. The molecule has 1 fully saturated rings. The maximum absolute atomic E-state index is 12.0. The van der Waals surface area contributed by atoms with E-state index < -0.39 is 12.2 Å². The van der Waals surface area contributed by atoms with E-state index in [0.717, 1.165) is 5.57 Å². The van der Waals surface area contributed by atoms with Crippen molar-refractivity contribution >= 4 is 0 Å². The second-order valence-electron chi connectivity index (χ2n) is 5.39. The van der Waals surface area contributed by atoms with Gasteiger partial charge >= 0.3 is 5.69 Å². The smallest absolute Gasteiger partial charge is 0.327 e. The molecular weight excluding hydrogens is 262 g/mol. The number of H-pyrrole nitrogens is 1. The molecule has 7 nitrogen and oxygen atoms in total. The van der Waals surface area contributed by atoms with E-state index in [-0.39, 0.29) is 23.1 Å². The van der Waals surface area contributed by atoms with Crippen molar-refractivity contribution in [2.75, 3.05) is 0 Å². The van der Waals surface area contributed by atoms with E-state index in [1.165, 1.54) is 10.6 Å². The first kappa shape index (κ1) is 13.1. The maximum atomic E-state index is 12.0. The highest BCUT2D eigenvalue weighted by atomic mass is 16.4. The molecule has 0 bridgehead atoms. The SMILES string of the molecule is O=c1[nH]/c(=N\O)ccn1[C@H]1C[C@H](O)[C@H]2C[C@H](O)CC=C21. The van der Waals surface area contributed by atoms with Gasteiger partial charge in [-0.2, -0.15) is 0 Å². The third kappa shape index (κ3) is 2.08. The molecule has 1 saturated carbocycles. The Kier molecular flexibility index (Phi) is 3.23. The third-order valence-electron chi connectivity index (χ3n) is 4.20. The van der Waals surface area contributed by atoms with Gasteiger partial charge in [0.15, 0.2) is 5.49 Å². The molecule has 20 heavy (non-hydrogen) atoms. The summed E-state index contributed by atoms with van der Waals surface area (Å²) >= 11 is 0. The molecular formula is C13H17N3O4. The van der Waals surface area contributed by atoms with Crippen LogP contribution >= 0.6 is 0 Å². The van der Waals surface area contributed by atoms with Gasteiger partial charge in [0.1, 0.15) is 0 Å². The number of aromatic amines is 1. The zero-order chi connectivity index (χ0) is 14.3. The second kappa shape index (κ2) is 4.92. The van der Waals surface area contributed by atoms with E-state index in [1.54, 1.807) is 6.20 Å². The molecule has 1 aromatic rings. The van der Waals surface area contributed by atoms with Crippen LogP contribution in [0.25, 0.3) is 0 Å². The minimum absolute atomic E-state index is 0.0853. The third-order valence-corrected chi connectivity index (χ3v) is 4.20. The standard InChI is InChI=1S/C13H17N3O4/c17-7-1-2-8-9(5-7)11(18)6-10(8)16-4-3-12(15-20)14-13(16)19/h2-4,7,9-11,17-18,20H,1,5-6H2,(H,14,15,19)/t7-,9+,10+,11+/m1/s1. The number of nitrogens with zero attached hydrogens (tertiary/aromatic N) is 2. The van der Waals surface area contributed by atoms with Crippen LogP contribution in [0.4, 0.5) is 0 Å². The summed E-state index contributed by atoms with van der Waals surface area (Å²) in [5.74, 6) is -0.0853. The molecule has 4 atom stereocenters. The summed E-state index contributed by atoms with van der Waals surface area (Å²) in [7, 11) is 0. The molecule has 0 radical (unpaired) electrons. The molecule has 1 heterocycles. The van der Waals surface area contributed by atoms with Crippen LogP contribution in [0, 0.1) is 5.92 Å². The van der Waals surface area contributed by atoms with Gasteiger partial charge in [0.25, 0.3) is 0 Å². The van der Waals surface area contributed by atoms with E-state index in [1.807, 2.05) is 6.08 Å². The van der Waals surface area contributed by atoms with Crippen molar-refractivity contribution in [3.63, 3.8) is 0 Å². The quantitative estimate of drug-likeness (QED) is 0.314. The average Bonchev–Trinajstić information content (AvgIpc) is 2.75. The molecule has 0 aromatic carbocycles. The van der Waals surface area contributed by atoms with Gasteiger partial charge in [-0.3, -0.25) is 9.55 Å². The van der Waals surface area contributed by atoms with Crippen LogP contribution in [0.1, 0.15) is 25.3 Å². The zero-order valence-corrected chi connectivity index (χ0v) is 10.8. The van der Waals surface area contributed by atoms with Gasteiger partial charge in [-0.15, -0.1) is 0 Å². The van der Waals surface area contributed by atoms with Crippen molar-refractivity contribution in [2.45, 2.75) is 37.5 Å². The Bertz CT molecular complexity index is 660. The molecule has 0 aliphatic heterocycles. The van der Waals surface area contributed by atoms with Crippen LogP contribution < -0.4 is 11.2 Å². The molecule has 108 valence electrons. The Morgan fingerprint density at radius 1 is 1.35 bits per heavy atom. The summed E-state index contributed by atoms with van der Waals surface area (Å²) in [4.78, 5) is 14.5. The van der Waals surface area contributed by atoms with Gasteiger partial charge in [-0.05, 0) is 24.8 Å². The van der Waals surface area contributed by atoms with Gasteiger partial charge in [-0.1, -0.05) is 11.2 Å². The van der Waals surface area contributed by atoms with E-state index in [9.17, 15) is 15.0 Å². The highest BCUT2D eigenvalue weighted by Gasteiger charge is 2.41. The van der Waals surface area contributed by atoms with Crippen molar-refractivity contribution in [3.05, 3.63) is 39.9 Å². The van der Waals surface area contributed by atoms with Crippen molar-refractivity contribution in [1.29, 1.82) is 0 Å². The average molecular weight is 279 g/mol. The van der Waals surface area contributed by atoms with Crippen molar-refractivity contribution < 1.29 is 15.4 Å². The van der Waals surface area contributed by atoms with Crippen molar-refractivity contribution in [2.24, 2.45) is 11.1 Å². The number of aromatic nitrogens is 2. The van der Waals surface area contributed by atoms with Crippen LogP contribution in [-0.4, -0.2) is 37.2 Å². The molecule has 0 unspecified atom stereocenters. The lowest BCUT2D eigenvalue weighted by Crippen LogP contribution is -2.32. The Morgan fingerprint density at radius 3 is 2.85 bits per heavy atom. The van der Waals surface area contributed by atoms with Gasteiger partial charge in [-0.25, -0.2) is 4.79 Å². The summed E-state index contributed by atoms with van der Waals surface area (Å²) in [5.41, 5.74) is 0.714. The predicted octanol–water partition coefficient (Wildman–Crippen LogP) is -0.531. The van der Waals surface area contributed by atoms with Gasteiger partial charge in [0.2, 0.25) is 0 Å². The molecule has 4 N–H and O–H groups in total. The molecule has 3 rings (SSSR count). The maximum Gasteiger partial charge on any atom is 0.327 e. The molecule has 1 aromatic heterocycles. The summed E-state index contributed by atoms with van der Waals surface area (Å²) in [6.07, 6.45) is 4.05. The molecule has 0 spiro atoms. The highest BCUT2D eigenvalue weighted by Crippen LogP contribution is 2.44. The number of hydrogen-bond donors (Lipinski definition) is 4. The summed E-state index contributed by atoms with van der Waals surface area (Å²) < 4.78 is 1.50. The molecule has 0 amide bonds. The number of nitrogens with one attached hydrogen (secondary N) is 1. The van der Waals surface area contributed by atoms with Crippen LogP contribution in [0.5, 0.6) is 0 Å². The van der Waals surface area contributed by atoms with Crippen LogP contribution in [0.15, 0.2) is 33.9 Å². The van der Waals surface area contributed by atoms with Crippen LogP contribution in [-0.2, 0) is 0 Å². The number of fused-ring (bicyclic) bond motifs is 1. The normalized spacial score (nSPS) is 33.9. The fourth-order valence-electron chi connectivity index (χ4n) is 3.25.